The van der Waals surface area contributed by atoms with Crippen LogP contribution in [0.4, 0.5) is 0 Å². The van der Waals surface area contributed by atoms with Gasteiger partial charge in [0.05, 0.1) is 10.5 Å². The van der Waals surface area contributed by atoms with Gasteiger partial charge in [0.15, 0.2) is 0 Å². The van der Waals surface area contributed by atoms with E-state index in [9.17, 15) is 13.2 Å². The minimum absolute atomic E-state index is 0.00248. The average Bonchev–Trinajstić information content (AvgIpc) is 2.13. The lowest BCUT2D eigenvalue weighted by Crippen LogP contribution is -2.40. The maximum absolute atomic E-state index is 12.1. The summed E-state index contributed by atoms with van der Waals surface area (Å²) in [6.45, 7) is 6.80. The van der Waals surface area contributed by atoms with Crippen molar-refractivity contribution in [1.82, 2.24) is 4.72 Å². The van der Waals surface area contributed by atoms with Gasteiger partial charge in [-0.05, 0) is 45.4 Å². The van der Waals surface area contributed by atoms with Crippen LogP contribution in [0, 0.1) is 6.92 Å². The predicted octanol–water partition coefficient (Wildman–Crippen LogP) is 1.77. The van der Waals surface area contributed by atoms with Crippen LogP contribution < -0.4 is 4.72 Å². The van der Waals surface area contributed by atoms with Crippen LogP contribution in [0.2, 0.25) is 0 Å². The molecule has 0 aliphatic rings. The van der Waals surface area contributed by atoms with E-state index >= 15 is 0 Å². The van der Waals surface area contributed by atoms with Crippen molar-refractivity contribution >= 4 is 16.0 Å². The van der Waals surface area contributed by atoms with Crippen molar-refractivity contribution in [2.45, 2.75) is 38.1 Å². The van der Waals surface area contributed by atoms with Gasteiger partial charge < -0.3 is 5.11 Å². The molecule has 0 radical (unpaired) electrons. The van der Waals surface area contributed by atoms with E-state index in [-0.39, 0.29) is 10.5 Å². The molecule has 5 nitrogen and oxygen atoms in total. The summed E-state index contributed by atoms with van der Waals surface area (Å²) in [6, 6.07) is 4.04. The molecular weight excluding hydrogens is 254 g/mol. The van der Waals surface area contributed by atoms with Crippen molar-refractivity contribution in [3.63, 3.8) is 0 Å². The van der Waals surface area contributed by atoms with Gasteiger partial charge in [-0.2, -0.15) is 0 Å². The molecule has 0 heterocycles. The van der Waals surface area contributed by atoms with E-state index in [0.717, 1.165) is 0 Å². The fourth-order valence-corrected chi connectivity index (χ4v) is 3.17. The molecule has 0 aliphatic carbocycles. The van der Waals surface area contributed by atoms with Crippen LogP contribution in [-0.4, -0.2) is 25.0 Å². The SMILES string of the molecule is Cc1ccc(C(=O)O)cc1S(=O)(=O)NC(C)(C)C. The number of hydrogen-bond acceptors (Lipinski definition) is 3. The monoisotopic (exact) mass is 271 g/mol. The zero-order valence-corrected chi connectivity index (χ0v) is 11.6. The van der Waals surface area contributed by atoms with Gasteiger partial charge >= 0.3 is 5.97 Å². The molecule has 1 aromatic rings. The number of carboxylic acids is 1. The average molecular weight is 271 g/mol. The van der Waals surface area contributed by atoms with Crippen LogP contribution in [0.1, 0.15) is 36.7 Å². The maximum atomic E-state index is 12.1. The molecule has 1 rings (SSSR count). The standard InChI is InChI=1S/C12H17NO4S/c1-8-5-6-9(11(14)15)7-10(8)18(16,17)13-12(2,3)4/h5-7,13H,1-4H3,(H,14,15). The second-order valence-electron chi connectivity index (χ2n) is 5.14. The Kier molecular flexibility index (Phi) is 3.83. The third-order valence-corrected chi connectivity index (χ3v) is 4.07. The topological polar surface area (TPSA) is 83.5 Å². The van der Waals surface area contributed by atoms with Crippen molar-refractivity contribution in [2.75, 3.05) is 0 Å². The number of aryl methyl sites for hydroxylation is 1. The molecule has 18 heavy (non-hydrogen) atoms. The normalized spacial score (nSPS) is 12.4. The molecule has 0 aliphatic heterocycles. The Morgan fingerprint density at radius 1 is 1.28 bits per heavy atom. The van der Waals surface area contributed by atoms with E-state index in [1.54, 1.807) is 27.7 Å². The fraction of sp³-hybridized carbons (Fsp3) is 0.417. The first-order chi connectivity index (χ1) is 8.03. The Labute approximate surface area is 107 Å². The highest BCUT2D eigenvalue weighted by Crippen LogP contribution is 2.19. The molecule has 0 saturated heterocycles. The number of sulfonamides is 1. The predicted molar refractivity (Wildman–Crippen MR) is 68.2 cm³/mol. The number of carbonyl (C=O) groups is 1. The Balaban J connectivity index is 3.32. The van der Waals surface area contributed by atoms with Crippen molar-refractivity contribution in [3.8, 4) is 0 Å². The summed E-state index contributed by atoms with van der Waals surface area (Å²) in [6.07, 6.45) is 0. The summed E-state index contributed by atoms with van der Waals surface area (Å²) >= 11 is 0. The number of nitrogens with one attached hydrogen (secondary N) is 1. The molecule has 100 valence electrons. The summed E-state index contributed by atoms with van der Waals surface area (Å²) in [4.78, 5) is 10.9. The first-order valence-electron chi connectivity index (χ1n) is 5.41. The molecule has 0 bridgehead atoms. The van der Waals surface area contributed by atoms with Gasteiger partial charge in [-0.25, -0.2) is 17.9 Å². The van der Waals surface area contributed by atoms with E-state index in [1.807, 2.05) is 0 Å². The second kappa shape index (κ2) is 4.70. The quantitative estimate of drug-likeness (QED) is 0.877. The Bertz CT molecular complexity index is 570. The largest absolute Gasteiger partial charge is 0.478 e. The number of benzene rings is 1. The van der Waals surface area contributed by atoms with Crippen molar-refractivity contribution < 1.29 is 18.3 Å². The highest BCUT2D eigenvalue weighted by molar-refractivity contribution is 7.89. The lowest BCUT2D eigenvalue weighted by Gasteiger charge is -2.21. The van der Waals surface area contributed by atoms with Gasteiger partial charge in [-0.3, -0.25) is 0 Å². The smallest absolute Gasteiger partial charge is 0.335 e. The van der Waals surface area contributed by atoms with E-state index in [2.05, 4.69) is 4.72 Å². The summed E-state index contributed by atoms with van der Waals surface area (Å²) in [5, 5.41) is 8.88. The second-order valence-corrected chi connectivity index (χ2v) is 6.79. The molecular formula is C12H17NO4S. The van der Waals surface area contributed by atoms with Crippen LogP contribution in [-0.2, 0) is 10.0 Å². The van der Waals surface area contributed by atoms with Crippen molar-refractivity contribution in [2.24, 2.45) is 0 Å². The number of hydrogen-bond donors (Lipinski definition) is 2. The molecule has 1 aromatic carbocycles. The summed E-state index contributed by atoms with van der Waals surface area (Å²) in [7, 11) is -3.72. The van der Waals surface area contributed by atoms with Crippen LogP contribution in [0.25, 0.3) is 0 Å². The van der Waals surface area contributed by atoms with Crippen LogP contribution >= 0.6 is 0 Å². The van der Waals surface area contributed by atoms with Gasteiger partial charge in [0, 0.05) is 5.54 Å². The van der Waals surface area contributed by atoms with E-state index in [1.165, 1.54) is 18.2 Å². The summed E-state index contributed by atoms with van der Waals surface area (Å²) in [5.41, 5.74) is -0.156. The molecule has 0 atom stereocenters. The number of carboxylic acid groups (broad SMARTS) is 1. The van der Waals surface area contributed by atoms with Gasteiger partial charge in [-0.15, -0.1) is 0 Å². The van der Waals surface area contributed by atoms with Crippen LogP contribution in [0.5, 0.6) is 0 Å². The molecule has 0 aromatic heterocycles. The Hall–Kier alpha value is -1.40. The lowest BCUT2D eigenvalue weighted by atomic mass is 10.1. The lowest BCUT2D eigenvalue weighted by molar-refractivity contribution is 0.0696. The highest BCUT2D eigenvalue weighted by atomic mass is 32.2. The van der Waals surface area contributed by atoms with Gasteiger partial charge in [0.1, 0.15) is 0 Å². The van der Waals surface area contributed by atoms with Gasteiger partial charge in [-0.1, -0.05) is 6.07 Å². The Morgan fingerprint density at radius 2 is 1.83 bits per heavy atom. The number of aromatic carboxylic acids is 1. The zero-order valence-electron chi connectivity index (χ0n) is 10.8. The highest BCUT2D eigenvalue weighted by Gasteiger charge is 2.24. The minimum atomic E-state index is -3.72. The molecule has 2 N–H and O–H groups in total. The molecule has 0 saturated carbocycles. The van der Waals surface area contributed by atoms with Gasteiger partial charge in [0.2, 0.25) is 10.0 Å². The van der Waals surface area contributed by atoms with E-state index in [0.29, 0.717) is 5.56 Å². The molecule has 0 spiro atoms. The van der Waals surface area contributed by atoms with Crippen molar-refractivity contribution in [3.05, 3.63) is 29.3 Å². The fourth-order valence-electron chi connectivity index (χ4n) is 1.48. The zero-order chi connectivity index (χ0) is 14.1. The third kappa shape index (κ3) is 3.54. The Morgan fingerprint density at radius 3 is 2.28 bits per heavy atom. The molecule has 0 fully saturated rings. The third-order valence-electron chi connectivity index (χ3n) is 2.17. The summed E-state index contributed by atoms with van der Waals surface area (Å²) < 4.78 is 26.8. The van der Waals surface area contributed by atoms with Crippen molar-refractivity contribution in [1.29, 1.82) is 0 Å². The maximum Gasteiger partial charge on any atom is 0.335 e. The first kappa shape index (κ1) is 14.7. The molecule has 6 heteroatoms. The van der Waals surface area contributed by atoms with E-state index < -0.39 is 21.5 Å². The first-order valence-corrected chi connectivity index (χ1v) is 6.89. The van der Waals surface area contributed by atoms with Crippen LogP contribution in [0.3, 0.4) is 0 Å². The van der Waals surface area contributed by atoms with E-state index in [4.69, 9.17) is 5.11 Å². The van der Waals surface area contributed by atoms with Gasteiger partial charge in [0.25, 0.3) is 0 Å². The summed E-state index contributed by atoms with van der Waals surface area (Å²) in [5.74, 6) is -1.15. The van der Waals surface area contributed by atoms with Crippen LogP contribution in [0.15, 0.2) is 23.1 Å². The number of rotatable bonds is 3. The minimum Gasteiger partial charge on any atom is -0.478 e. The molecule has 0 unspecified atom stereocenters. The molecule has 0 amide bonds.